The SMILES string of the molecule is CC1=CC(C)(C)Nc2cc(C)c(OS(=O)(=O)c3ccc(C)cc3)cc21. The Morgan fingerprint density at radius 1 is 1.00 bits per heavy atom. The van der Waals surface area contributed by atoms with Gasteiger partial charge in [0.25, 0.3) is 0 Å². The van der Waals surface area contributed by atoms with Crippen LogP contribution in [0.25, 0.3) is 5.57 Å². The van der Waals surface area contributed by atoms with Crippen LogP contribution in [0.4, 0.5) is 5.69 Å². The monoisotopic (exact) mass is 357 g/mol. The van der Waals surface area contributed by atoms with Gasteiger partial charge in [0.05, 0.1) is 5.54 Å². The third kappa shape index (κ3) is 3.56. The maximum absolute atomic E-state index is 12.6. The molecule has 0 bridgehead atoms. The topological polar surface area (TPSA) is 55.4 Å². The van der Waals surface area contributed by atoms with Crippen molar-refractivity contribution in [3.05, 3.63) is 59.2 Å². The van der Waals surface area contributed by atoms with Gasteiger partial charge in [0, 0.05) is 11.3 Å². The molecule has 0 unspecified atom stereocenters. The van der Waals surface area contributed by atoms with E-state index in [1.807, 2.05) is 26.8 Å². The molecule has 3 rings (SSSR count). The van der Waals surface area contributed by atoms with Crippen LogP contribution in [0.3, 0.4) is 0 Å². The van der Waals surface area contributed by atoms with Crippen molar-refractivity contribution in [1.29, 1.82) is 0 Å². The van der Waals surface area contributed by atoms with E-state index in [1.54, 1.807) is 30.3 Å². The molecular weight excluding hydrogens is 334 g/mol. The van der Waals surface area contributed by atoms with Gasteiger partial charge in [-0.2, -0.15) is 8.42 Å². The van der Waals surface area contributed by atoms with Gasteiger partial charge in [-0.15, -0.1) is 0 Å². The number of fused-ring (bicyclic) bond motifs is 1. The second-order valence-corrected chi connectivity index (χ2v) is 8.73. The summed E-state index contributed by atoms with van der Waals surface area (Å²) in [4.78, 5) is 0.154. The standard InChI is InChI=1S/C20H23NO3S/c1-13-6-8-16(9-7-13)25(22,23)24-19-11-17-15(3)12-20(4,5)21-18(17)10-14(19)2/h6-12,21H,1-5H3. The number of rotatable bonds is 3. The molecular formula is C20H23NO3S. The molecule has 2 aromatic carbocycles. The Hall–Kier alpha value is -2.27. The Kier molecular flexibility index (Phi) is 4.15. The van der Waals surface area contributed by atoms with Crippen molar-refractivity contribution >= 4 is 21.4 Å². The molecule has 1 N–H and O–H groups in total. The van der Waals surface area contributed by atoms with E-state index in [-0.39, 0.29) is 10.4 Å². The highest BCUT2D eigenvalue weighted by Gasteiger charge is 2.25. The summed E-state index contributed by atoms with van der Waals surface area (Å²) in [6.07, 6.45) is 2.13. The molecule has 0 saturated heterocycles. The number of benzene rings is 2. The van der Waals surface area contributed by atoms with Crippen LogP contribution in [-0.4, -0.2) is 14.0 Å². The van der Waals surface area contributed by atoms with Gasteiger partial charge in [-0.05, 0) is 70.0 Å². The third-order valence-corrected chi connectivity index (χ3v) is 5.53. The Morgan fingerprint density at radius 3 is 2.28 bits per heavy atom. The lowest BCUT2D eigenvalue weighted by molar-refractivity contribution is 0.484. The molecule has 0 fully saturated rings. The Balaban J connectivity index is 1.99. The molecule has 0 spiro atoms. The van der Waals surface area contributed by atoms with E-state index in [0.29, 0.717) is 5.75 Å². The fourth-order valence-electron chi connectivity index (χ4n) is 3.08. The number of anilines is 1. The fourth-order valence-corrected chi connectivity index (χ4v) is 4.06. The summed E-state index contributed by atoms with van der Waals surface area (Å²) in [5.74, 6) is 0.355. The lowest BCUT2D eigenvalue weighted by Crippen LogP contribution is -2.31. The Morgan fingerprint density at radius 2 is 1.64 bits per heavy atom. The first-order chi connectivity index (χ1) is 11.6. The molecule has 25 heavy (non-hydrogen) atoms. The van der Waals surface area contributed by atoms with Crippen molar-refractivity contribution < 1.29 is 12.6 Å². The molecule has 1 heterocycles. The summed E-state index contributed by atoms with van der Waals surface area (Å²) < 4.78 is 30.6. The minimum atomic E-state index is -3.86. The van der Waals surface area contributed by atoms with Gasteiger partial charge in [-0.3, -0.25) is 0 Å². The number of nitrogens with one attached hydrogen (secondary N) is 1. The summed E-state index contributed by atoms with van der Waals surface area (Å²) in [7, 11) is -3.86. The van der Waals surface area contributed by atoms with E-state index < -0.39 is 10.1 Å². The average molecular weight is 357 g/mol. The summed E-state index contributed by atoms with van der Waals surface area (Å²) >= 11 is 0. The van der Waals surface area contributed by atoms with E-state index in [9.17, 15) is 8.42 Å². The van der Waals surface area contributed by atoms with Gasteiger partial charge in [-0.25, -0.2) is 0 Å². The Bertz CT molecular complexity index is 955. The molecule has 0 saturated carbocycles. The van der Waals surface area contributed by atoms with Crippen molar-refractivity contribution in [3.63, 3.8) is 0 Å². The third-order valence-electron chi connectivity index (χ3n) is 4.28. The highest BCUT2D eigenvalue weighted by molar-refractivity contribution is 7.87. The summed E-state index contributed by atoms with van der Waals surface area (Å²) in [5, 5.41) is 3.45. The summed E-state index contributed by atoms with van der Waals surface area (Å²) in [5.41, 5.74) is 4.67. The van der Waals surface area contributed by atoms with Crippen LogP contribution in [0.1, 0.15) is 37.5 Å². The van der Waals surface area contributed by atoms with Crippen molar-refractivity contribution in [2.75, 3.05) is 5.32 Å². The lowest BCUT2D eigenvalue weighted by Gasteiger charge is -2.32. The second-order valence-electron chi connectivity index (χ2n) is 7.19. The molecule has 0 atom stereocenters. The maximum Gasteiger partial charge on any atom is 0.339 e. The van der Waals surface area contributed by atoms with Crippen LogP contribution in [0.2, 0.25) is 0 Å². The first kappa shape index (κ1) is 17.5. The van der Waals surface area contributed by atoms with E-state index in [4.69, 9.17) is 4.18 Å². The number of hydrogen-bond donors (Lipinski definition) is 1. The minimum Gasteiger partial charge on any atom is -0.379 e. The van der Waals surface area contributed by atoms with Crippen molar-refractivity contribution in [3.8, 4) is 5.75 Å². The quantitative estimate of drug-likeness (QED) is 0.811. The second kappa shape index (κ2) is 5.92. The zero-order valence-electron chi connectivity index (χ0n) is 15.2. The van der Waals surface area contributed by atoms with E-state index in [1.165, 1.54) is 0 Å². The zero-order chi connectivity index (χ0) is 18.4. The first-order valence-corrected chi connectivity index (χ1v) is 9.62. The predicted molar refractivity (Wildman–Crippen MR) is 102 cm³/mol. The number of allylic oxidation sites excluding steroid dienone is 1. The number of aryl methyl sites for hydroxylation is 2. The molecule has 132 valence electrons. The Labute approximate surface area is 149 Å². The van der Waals surface area contributed by atoms with Gasteiger partial charge >= 0.3 is 10.1 Å². The van der Waals surface area contributed by atoms with Gasteiger partial charge in [0.2, 0.25) is 0 Å². The molecule has 5 heteroatoms. The smallest absolute Gasteiger partial charge is 0.339 e. The molecule has 0 amide bonds. The van der Waals surface area contributed by atoms with Crippen molar-refractivity contribution in [2.24, 2.45) is 0 Å². The van der Waals surface area contributed by atoms with Crippen molar-refractivity contribution in [2.45, 2.75) is 45.1 Å². The van der Waals surface area contributed by atoms with Gasteiger partial charge in [-0.1, -0.05) is 23.8 Å². The molecule has 1 aliphatic heterocycles. The minimum absolute atomic E-state index is 0.139. The zero-order valence-corrected chi connectivity index (χ0v) is 16.0. The van der Waals surface area contributed by atoms with Crippen LogP contribution in [0.15, 0.2) is 47.4 Å². The number of hydrogen-bond acceptors (Lipinski definition) is 4. The van der Waals surface area contributed by atoms with Crippen LogP contribution in [0, 0.1) is 13.8 Å². The van der Waals surface area contributed by atoms with Gasteiger partial charge < -0.3 is 9.50 Å². The van der Waals surface area contributed by atoms with Crippen LogP contribution < -0.4 is 9.50 Å². The van der Waals surface area contributed by atoms with Gasteiger partial charge in [0.1, 0.15) is 10.6 Å². The summed E-state index contributed by atoms with van der Waals surface area (Å²) in [6, 6.07) is 10.4. The maximum atomic E-state index is 12.6. The first-order valence-electron chi connectivity index (χ1n) is 8.21. The molecule has 0 aromatic heterocycles. The highest BCUT2D eigenvalue weighted by Crippen LogP contribution is 2.38. The van der Waals surface area contributed by atoms with Crippen LogP contribution in [-0.2, 0) is 10.1 Å². The average Bonchev–Trinajstić information content (AvgIpc) is 2.48. The highest BCUT2D eigenvalue weighted by atomic mass is 32.2. The molecule has 0 aliphatic carbocycles. The van der Waals surface area contributed by atoms with Crippen LogP contribution in [0.5, 0.6) is 5.75 Å². The van der Waals surface area contributed by atoms with Gasteiger partial charge in [0.15, 0.2) is 0 Å². The molecule has 1 aliphatic rings. The van der Waals surface area contributed by atoms with E-state index in [2.05, 4.69) is 25.2 Å². The summed E-state index contributed by atoms with van der Waals surface area (Å²) in [6.45, 7) is 9.98. The van der Waals surface area contributed by atoms with E-state index >= 15 is 0 Å². The van der Waals surface area contributed by atoms with Crippen molar-refractivity contribution in [1.82, 2.24) is 0 Å². The predicted octanol–water partition coefficient (Wildman–Crippen LogP) is 4.68. The molecule has 4 nitrogen and oxygen atoms in total. The lowest BCUT2D eigenvalue weighted by atomic mass is 9.90. The van der Waals surface area contributed by atoms with Crippen LogP contribution >= 0.6 is 0 Å². The molecule has 2 aromatic rings. The van der Waals surface area contributed by atoms with E-state index in [0.717, 1.165) is 28.0 Å². The normalized spacial score (nSPS) is 15.8. The molecule has 0 radical (unpaired) electrons. The largest absolute Gasteiger partial charge is 0.379 e. The fraction of sp³-hybridized carbons (Fsp3) is 0.300.